The fourth-order valence-electron chi connectivity index (χ4n) is 4.16. The van der Waals surface area contributed by atoms with Crippen molar-refractivity contribution in [1.82, 2.24) is 9.88 Å². The quantitative estimate of drug-likeness (QED) is 0.925. The molecular weight excluding hydrogens is 292 g/mol. The lowest BCUT2D eigenvalue weighted by molar-refractivity contribution is -0.142. The van der Waals surface area contributed by atoms with Crippen LogP contribution in [0.4, 0.5) is 0 Å². The minimum absolute atomic E-state index is 0.0944. The number of benzene rings is 1. The van der Waals surface area contributed by atoms with E-state index in [1.807, 2.05) is 30.3 Å². The summed E-state index contributed by atoms with van der Waals surface area (Å²) in [5, 5.41) is 10.6. The Morgan fingerprint density at radius 3 is 2.78 bits per heavy atom. The van der Waals surface area contributed by atoms with Crippen LogP contribution < -0.4 is 0 Å². The van der Waals surface area contributed by atoms with Gasteiger partial charge in [-0.2, -0.15) is 0 Å². The zero-order chi connectivity index (χ0) is 16.0. The first-order valence-corrected chi connectivity index (χ1v) is 8.05. The van der Waals surface area contributed by atoms with Crippen molar-refractivity contribution in [3.05, 3.63) is 42.1 Å². The Morgan fingerprint density at radius 2 is 1.96 bits per heavy atom. The molecule has 1 saturated heterocycles. The number of hydrogen-bond donors (Lipinski definition) is 1. The van der Waals surface area contributed by atoms with Crippen LogP contribution in [0, 0.1) is 11.8 Å². The maximum absolute atomic E-state index is 12.8. The number of likely N-dealkylation sites (tertiary alicyclic amines) is 1. The van der Waals surface area contributed by atoms with Crippen LogP contribution >= 0.6 is 0 Å². The first-order valence-electron chi connectivity index (χ1n) is 8.05. The molecule has 1 aliphatic heterocycles. The summed E-state index contributed by atoms with van der Waals surface area (Å²) in [5.74, 6) is -0.747. The second-order valence-electron chi connectivity index (χ2n) is 6.48. The number of aromatic nitrogens is 1. The maximum atomic E-state index is 12.8. The van der Waals surface area contributed by atoms with Gasteiger partial charge in [-0.3, -0.25) is 4.79 Å². The molecule has 1 amide bonds. The minimum Gasteiger partial charge on any atom is -0.480 e. The lowest BCUT2D eigenvalue weighted by Gasteiger charge is -2.24. The van der Waals surface area contributed by atoms with Gasteiger partial charge in [-0.1, -0.05) is 30.7 Å². The third-order valence-corrected chi connectivity index (χ3v) is 5.22. The molecule has 2 heterocycles. The number of amides is 1. The molecule has 1 saturated carbocycles. The van der Waals surface area contributed by atoms with Crippen molar-refractivity contribution in [1.29, 1.82) is 0 Å². The van der Waals surface area contributed by atoms with Crippen LogP contribution in [-0.4, -0.2) is 39.5 Å². The van der Waals surface area contributed by atoms with Crippen molar-refractivity contribution in [2.75, 3.05) is 6.54 Å². The average Bonchev–Trinajstić information content (AvgIpc) is 3.13. The molecule has 2 aliphatic rings. The molecule has 5 nitrogen and oxygen atoms in total. The topological polar surface area (TPSA) is 70.5 Å². The average molecular weight is 310 g/mol. The van der Waals surface area contributed by atoms with Crippen LogP contribution in [-0.2, 0) is 4.79 Å². The summed E-state index contributed by atoms with van der Waals surface area (Å²) < 4.78 is 0. The molecule has 2 fully saturated rings. The lowest BCUT2D eigenvalue weighted by atomic mass is 9.94. The van der Waals surface area contributed by atoms with Crippen LogP contribution in [0.25, 0.3) is 10.9 Å². The van der Waals surface area contributed by atoms with Crippen molar-refractivity contribution in [2.45, 2.75) is 25.3 Å². The molecule has 1 aromatic carbocycles. The Kier molecular flexibility index (Phi) is 3.29. The van der Waals surface area contributed by atoms with Gasteiger partial charge in [0.05, 0.1) is 5.52 Å². The number of hydrogen-bond acceptors (Lipinski definition) is 3. The predicted octanol–water partition coefficient (Wildman–Crippen LogP) is 2.56. The summed E-state index contributed by atoms with van der Waals surface area (Å²) in [6, 6.07) is 10.5. The molecule has 23 heavy (non-hydrogen) atoms. The SMILES string of the molecule is O=C(O)C1C2CCCC2CN1C(=O)c1ccc2ccccc2n1. The zero-order valence-electron chi connectivity index (χ0n) is 12.7. The largest absolute Gasteiger partial charge is 0.480 e. The number of carboxylic acid groups (broad SMARTS) is 1. The van der Waals surface area contributed by atoms with Gasteiger partial charge in [-0.25, -0.2) is 9.78 Å². The van der Waals surface area contributed by atoms with Crippen molar-refractivity contribution >= 4 is 22.8 Å². The molecule has 1 aliphatic carbocycles. The number of carbonyl (C=O) groups is 2. The van der Waals surface area contributed by atoms with E-state index in [0.29, 0.717) is 18.2 Å². The molecule has 1 N–H and O–H groups in total. The third kappa shape index (κ3) is 2.27. The summed E-state index contributed by atoms with van der Waals surface area (Å²) in [6.45, 7) is 0.537. The summed E-state index contributed by atoms with van der Waals surface area (Å²) in [7, 11) is 0. The number of para-hydroxylation sites is 1. The Bertz CT molecular complexity index is 789. The van der Waals surface area contributed by atoms with Gasteiger partial charge in [0.25, 0.3) is 5.91 Å². The second-order valence-corrected chi connectivity index (χ2v) is 6.48. The van der Waals surface area contributed by atoms with Gasteiger partial charge in [0, 0.05) is 11.9 Å². The number of fused-ring (bicyclic) bond motifs is 2. The van der Waals surface area contributed by atoms with Crippen LogP contribution in [0.5, 0.6) is 0 Å². The standard InChI is InChI=1S/C18H18N2O3/c21-17(15-9-8-11-4-1-2-7-14(11)19-15)20-10-12-5-3-6-13(12)16(20)18(22)23/h1-2,4,7-9,12-13,16H,3,5-6,10H2,(H,22,23). The highest BCUT2D eigenvalue weighted by Gasteiger charge is 2.49. The highest BCUT2D eigenvalue weighted by molar-refractivity contribution is 5.97. The molecule has 3 unspecified atom stereocenters. The van der Waals surface area contributed by atoms with E-state index in [-0.39, 0.29) is 11.8 Å². The molecular formula is C18H18N2O3. The monoisotopic (exact) mass is 310 g/mol. The Morgan fingerprint density at radius 1 is 1.13 bits per heavy atom. The summed E-state index contributed by atoms with van der Waals surface area (Å²) in [4.78, 5) is 30.5. The van der Waals surface area contributed by atoms with Crippen LogP contribution in [0.15, 0.2) is 36.4 Å². The van der Waals surface area contributed by atoms with Gasteiger partial charge in [-0.05, 0) is 36.8 Å². The highest BCUT2D eigenvalue weighted by atomic mass is 16.4. The minimum atomic E-state index is -0.895. The Hall–Kier alpha value is -2.43. The van der Waals surface area contributed by atoms with Gasteiger partial charge in [0.15, 0.2) is 0 Å². The van der Waals surface area contributed by atoms with Crippen molar-refractivity contribution in [3.63, 3.8) is 0 Å². The maximum Gasteiger partial charge on any atom is 0.326 e. The molecule has 3 atom stereocenters. The van der Waals surface area contributed by atoms with Gasteiger partial charge in [-0.15, -0.1) is 0 Å². The highest BCUT2D eigenvalue weighted by Crippen LogP contribution is 2.42. The smallest absolute Gasteiger partial charge is 0.326 e. The van der Waals surface area contributed by atoms with E-state index < -0.39 is 12.0 Å². The van der Waals surface area contributed by atoms with Crippen molar-refractivity contribution < 1.29 is 14.7 Å². The molecule has 1 aromatic heterocycles. The number of nitrogens with zero attached hydrogens (tertiary/aromatic N) is 2. The van der Waals surface area contributed by atoms with E-state index in [0.717, 1.165) is 30.2 Å². The molecule has 5 heteroatoms. The van der Waals surface area contributed by atoms with Crippen LogP contribution in [0.1, 0.15) is 29.8 Å². The van der Waals surface area contributed by atoms with Crippen LogP contribution in [0.2, 0.25) is 0 Å². The van der Waals surface area contributed by atoms with Crippen LogP contribution in [0.3, 0.4) is 0 Å². The summed E-state index contributed by atoms with van der Waals surface area (Å²) in [6.07, 6.45) is 2.98. The fraction of sp³-hybridized carbons (Fsp3) is 0.389. The normalized spacial score (nSPS) is 26.4. The van der Waals surface area contributed by atoms with Gasteiger partial charge < -0.3 is 10.0 Å². The van der Waals surface area contributed by atoms with E-state index in [1.54, 1.807) is 6.07 Å². The Labute approximate surface area is 133 Å². The first-order chi connectivity index (χ1) is 11.1. The van der Waals surface area contributed by atoms with Gasteiger partial charge >= 0.3 is 5.97 Å². The Balaban J connectivity index is 1.68. The third-order valence-electron chi connectivity index (χ3n) is 5.22. The summed E-state index contributed by atoms with van der Waals surface area (Å²) in [5.41, 5.74) is 1.08. The number of carboxylic acids is 1. The number of rotatable bonds is 2. The zero-order valence-corrected chi connectivity index (χ0v) is 12.7. The number of pyridine rings is 1. The van der Waals surface area contributed by atoms with Gasteiger partial charge in [0.2, 0.25) is 0 Å². The van der Waals surface area contributed by atoms with Crippen molar-refractivity contribution in [3.8, 4) is 0 Å². The van der Waals surface area contributed by atoms with E-state index in [4.69, 9.17) is 0 Å². The first kappa shape index (κ1) is 14.2. The van der Waals surface area contributed by atoms with Crippen molar-refractivity contribution in [2.24, 2.45) is 11.8 Å². The van der Waals surface area contributed by atoms with E-state index in [9.17, 15) is 14.7 Å². The fourth-order valence-corrected chi connectivity index (χ4v) is 4.16. The van der Waals surface area contributed by atoms with E-state index in [2.05, 4.69) is 4.98 Å². The summed E-state index contributed by atoms with van der Waals surface area (Å²) >= 11 is 0. The second kappa shape index (κ2) is 5.33. The van der Waals surface area contributed by atoms with E-state index >= 15 is 0 Å². The number of aliphatic carboxylic acids is 1. The molecule has 4 rings (SSSR count). The molecule has 0 spiro atoms. The molecule has 0 bridgehead atoms. The lowest BCUT2D eigenvalue weighted by Crippen LogP contribution is -2.43. The molecule has 118 valence electrons. The molecule has 0 radical (unpaired) electrons. The van der Waals surface area contributed by atoms with E-state index in [1.165, 1.54) is 4.90 Å². The number of carbonyl (C=O) groups excluding carboxylic acids is 1. The van der Waals surface area contributed by atoms with Gasteiger partial charge in [0.1, 0.15) is 11.7 Å². The predicted molar refractivity (Wildman–Crippen MR) is 85.0 cm³/mol. The molecule has 2 aromatic rings.